The van der Waals surface area contributed by atoms with E-state index in [1.54, 1.807) is 0 Å². The summed E-state index contributed by atoms with van der Waals surface area (Å²) < 4.78 is 0. The molecule has 0 aliphatic rings. The predicted octanol–water partition coefficient (Wildman–Crippen LogP) is -1.39. The molecule has 0 aromatic heterocycles. The predicted molar refractivity (Wildman–Crippen MR) is 41.6 cm³/mol. The Morgan fingerprint density at radius 2 is 1.67 bits per heavy atom. The van der Waals surface area contributed by atoms with Crippen LogP contribution in [-0.2, 0) is 0 Å². The minimum absolute atomic E-state index is 0. The van der Waals surface area contributed by atoms with Crippen molar-refractivity contribution in [2.45, 2.75) is 6.92 Å². The standard InChI is InChI=1S/C7H9P.Na.H/c1-6-2-4-7(8)5-3-6;;/h2-5H,8H2,1H3;;/q;+1;-1. The monoisotopic (exact) mass is 148 g/mol. The summed E-state index contributed by atoms with van der Waals surface area (Å²) in [5, 5.41) is 1.25. The topological polar surface area (TPSA) is 0 Å². The van der Waals surface area contributed by atoms with Gasteiger partial charge in [0.1, 0.15) is 0 Å². The summed E-state index contributed by atoms with van der Waals surface area (Å²) in [5.74, 6) is 0. The Labute approximate surface area is 82.0 Å². The van der Waals surface area contributed by atoms with Crippen LogP contribution < -0.4 is 34.9 Å². The Kier molecular flexibility index (Phi) is 4.79. The summed E-state index contributed by atoms with van der Waals surface area (Å²) in [6.07, 6.45) is 0. The molecule has 9 heavy (non-hydrogen) atoms. The van der Waals surface area contributed by atoms with E-state index in [1.165, 1.54) is 10.9 Å². The third-order valence-corrected chi connectivity index (χ3v) is 1.46. The molecule has 44 valence electrons. The third-order valence-electron chi connectivity index (χ3n) is 1.08. The van der Waals surface area contributed by atoms with Crippen molar-refractivity contribution in [1.29, 1.82) is 0 Å². The van der Waals surface area contributed by atoms with E-state index in [0.717, 1.165) is 0 Å². The van der Waals surface area contributed by atoms with Crippen LogP contribution in [0.5, 0.6) is 0 Å². The zero-order valence-corrected chi connectivity index (χ0v) is 9.04. The number of aryl methyl sites for hydroxylation is 1. The van der Waals surface area contributed by atoms with Crippen LogP contribution in [0.15, 0.2) is 24.3 Å². The zero-order valence-electron chi connectivity index (χ0n) is 6.89. The molecule has 0 aliphatic carbocycles. The van der Waals surface area contributed by atoms with Gasteiger partial charge in [-0.2, -0.15) is 0 Å². The third kappa shape index (κ3) is 3.37. The molecule has 0 saturated heterocycles. The van der Waals surface area contributed by atoms with Gasteiger partial charge in [0.2, 0.25) is 0 Å². The van der Waals surface area contributed by atoms with Crippen LogP contribution in [0, 0.1) is 6.92 Å². The first kappa shape index (κ1) is 9.65. The van der Waals surface area contributed by atoms with E-state index in [2.05, 4.69) is 40.4 Å². The Hall–Kier alpha value is 0.650. The first-order valence-electron chi connectivity index (χ1n) is 2.61. The molecule has 0 radical (unpaired) electrons. The first-order valence-corrected chi connectivity index (χ1v) is 3.19. The minimum Gasteiger partial charge on any atom is -1.00 e. The second-order valence-electron chi connectivity index (χ2n) is 1.91. The maximum Gasteiger partial charge on any atom is 1.00 e. The van der Waals surface area contributed by atoms with Gasteiger partial charge in [-0.3, -0.25) is 0 Å². The summed E-state index contributed by atoms with van der Waals surface area (Å²) >= 11 is 0. The van der Waals surface area contributed by atoms with Gasteiger partial charge in [0, 0.05) is 0 Å². The summed E-state index contributed by atoms with van der Waals surface area (Å²) in [6.45, 7) is 2.09. The van der Waals surface area contributed by atoms with E-state index in [-0.39, 0.29) is 31.0 Å². The van der Waals surface area contributed by atoms with Gasteiger partial charge in [-0.05, 0) is 12.2 Å². The molecule has 1 aromatic carbocycles. The molecule has 1 aromatic rings. The SMILES string of the molecule is Cc1ccc(P)cc1.[H-].[Na+]. The molecule has 0 saturated carbocycles. The Morgan fingerprint density at radius 3 is 2.00 bits per heavy atom. The summed E-state index contributed by atoms with van der Waals surface area (Å²) in [7, 11) is 2.65. The van der Waals surface area contributed by atoms with Crippen LogP contribution in [0.25, 0.3) is 0 Å². The molecule has 0 heterocycles. The molecule has 0 amide bonds. The van der Waals surface area contributed by atoms with E-state index in [1.807, 2.05) is 0 Å². The van der Waals surface area contributed by atoms with Crippen LogP contribution in [-0.4, -0.2) is 0 Å². The van der Waals surface area contributed by atoms with Crippen molar-refractivity contribution in [2.75, 3.05) is 0 Å². The molecular weight excluding hydrogens is 138 g/mol. The number of benzene rings is 1. The second-order valence-corrected chi connectivity index (χ2v) is 2.58. The van der Waals surface area contributed by atoms with E-state index in [0.29, 0.717) is 0 Å². The van der Waals surface area contributed by atoms with Crippen molar-refractivity contribution < 1.29 is 31.0 Å². The van der Waals surface area contributed by atoms with Gasteiger partial charge < -0.3 is 1.43 Å². The van der Waals surface area contributed by atoms with Gasteiger partial charge in [0.15, 0.2) is 0 Å². The molecule has 0 aliphatic heterocycles. The van der Waals surface area contributed by atoms with Crippen LogP contribution in [0.3, 0.4) is 0 Å². The van der Waals surface area contributed by atoms with Gasteiger partial charge in [0.05, 0.1) is 0 Å². The van der Waals surface area contributed by atoms with E-state index < -0.39 is 0 Å². The van der Waals surface area contributed by atoms with Gasteiger partial charge in [-0.15, -0.1) is 9.24 Å². The Morgan fingerprint density at radius 1 is 1.22 bits per heavy atom. The maximum atomic E-state index is 2.65. The molecular formula is C7H10NaP. The number of hydrogen-bond donors (Lipinski definition) is 0. The fourth-order valence-corrected chi connectivity index (χ4v) is 0.759. The van der Waals surface area contributed by atoms with E-state index >= 15 is 0 Å². The summed E-state index contributed by atoms with van der Waals surface area (Å²) in [6, 6.07) is 8.37. The number of hydrogen-bond acceptors (Lipinski definition) is 0. The first-order chi connectivity index (χ1) is 3.79. The van der Waals surface area contributed by atoms with Crippen molar-refractivity contribution in [3.63, 3.8) is 0 Å². The number of rotatable bonds is 0. The molecule has 0 N–H and O–H groups in total. The van der Waals surface area contributed by atoms with Crippen LogP contribution in [0.1, 0.15) is 6.99 Å². The molecule has 1 rings (SSSR count). The van der Waals surface area contributed by atoms with Crippen molar-refractivity contribution in [3.8, 4) is 0 Å². The molecule has 0 nitrogen and oxygen atoms in total. The summed E-state index contributed by atoms with van der Waals surface area (Å²) in [5.41, 5.74) is 1.32. The van der Waals surface area contributed by atoms with E-state index in [9.17, 15) is 0 Å². The molecule has 0 spiro atoms. The fourth-order valence-electron chi connectivity index (χ4n) is 0.566. The molecule has 0 fully saturated rings. The van der Waals surface area contributed by atoms with Gasteiger partial charge in [0.25, 0.3) is 0 Å². The average molecular weight is 148 g/mol. The maximum absolute atomic E-state index is 2.65. The van der Waals surface area contributed by atoms with Crippen molar-refractivity contribution in [1.82, 2.24) is 0 Å². The van der Waals surface area contributed by atoms with Crippen LogP contribution >= 0.6 is 9.24 Å². The fraction of sp³-hybridized carbons (Fsp3) is 0.143. The van der Waals surface area contributed by atoms with Crippen molar-refractivity contribution in [2.24, 2.45) is 0 Å². The quantitative estimate of drug-likeness (QED) is 0.314. The van der Waals surface area contributed by atoms with Crippen LogP contribution in [0.2, 0.25) is 0 Å². The molecule has 0 bridgehead atoms. The average Bonchev–Trinajstić information content (AvgIpc) is 1.77. The normalized spacial score (nSPS) is 8.22. The van der Waals surface area contributed by atoms with Gasteiger partial charge in [-0.1, -0.05) is 29.8 Å². The van der Waals surface area contributed by atoms with Crippen LogP contribution in [0.4, 0.5) is 0 Å². The van der Waals surface area contributed by atoms with Crippen molar-refractivity contribution in [3.05, 3.63) is 29.8 Å². The van der Waals surface area contributed by atoms with E-state index in [4.69, 9.17) is 0 Å². The molecule has 2 heteroatoms. The molecule has 1 unspecified atom stereocenters. The zero-order chi connectivity index (χ0) is 5.98. The minimum atomic E-state index is 0. The Bertz CT molecular complexity index is 152. The molecule has 1 atom stereocenters. The summed E-state index contributed by atoms with van der Waals surface area (Å²) in [4.78, 5) is 0. The van der Waals surface area contributed by atoms with Gasteiger partial charge in [-0.25, -0.2) is 0 Å². The van der Waals surface area contributed by atoms with Gasteiger partial charge >= 0.3 is 29.6 Å². The second kappa shape index (κ2) is 4.46. The van der Waals surface area contributed by atoms with Crippen molar-refractivity contribution >= 4 is 14.5 Å². The largest absolute Gasteiger partial charge is 1.00 e. The Balaban J connectivity index is 0. The smallest absolute Gasteiger partial charge is 1.00 e.